The Morgan fingerprint density at radius 2 is 1.66 bits per heavy atom. The first-order valence-corrected chi connectivity index (χ1v) is 10.9. The highest BCUT2D eigenvalue weighted by atomic mass is 16.5. The third-order valence-electron chi connectivity index (χ3n) is 7.16. The van der Waals surface area contributed by atoms with Crippen molar-refractivity contribution in [3.05, 3.63) is 29.8 Å². The fraction of sp³-hybridized carbons (Fsp3) is 0.583. The van der Waals surface area contributed by atoms with Gasteiger partial charge in [0.15, 0.2) is 23.9 Å². The Labute approximate surface area is 171 Å². The molecule has 0 amide bonds. The summed E-state index contributed by atoms with van der Waals surface area (Å²) in [7, 11) is 0. The van der Waals surface area contributed by atoms with E-state index < -0.39 is 5.97 Å². The van der Waals surface area contributed by atoms with E-state index in [1.165, 1.54) is 25.3 Å². The number of carbonyl (C=O) groups is 2. The number of Topliss-reactive ketones (excluding diaryl/α,β-unsaturated/α-hetero) is 1. The maximum absolute atomic E-state index is 12.9. The molecular weight excluding hydrogens is 368 g/mol. The van der Waals surface area contributed by atoms with E-state index in [1.807, 2.05) is 18.2 Å². The Morgan fingerprint density at radius 3 is 2.34 bits per heavy atom. The van der Waals surface area contributed by atoms with E-state index in [9.17, 15) is 9.59 Å². The van der Waals surface area contributed by atoms with Gasteiger partial charge in [-0.1, -0.05) is 6.07 Å². The van der Waals surface area contributed by atoms with Crippen LogP contribution in [0.1, 0.15) is 50.5 Å². The molecule has 4 saturated carbocycles. The number of carbonyl (C=O) groups excluding carboxylic acids is 2. The molecule has 0 N–H and O–H groups in total. The van der Waals surface area contributed by atoms with Gasteiger partial charge in [0.05, 0.1) is 13.2 Å². The van der Waals surface area contributed by atoms with E-state index in [2.05, 4.69) is 0 Å². The highest BCUT2D eigenvalue weighted by Gasteiger charge is 2.54. The Morgan fingerprint density at radius 1 is 1.00 bits per heavy atom. The minimum absolute atomic E-state index is 0.101. The van der Waals surface area contributed by atoms with Crippen molar-refractivity contribution in [3.8, 4) is 11.5 Å². The van der Waals surface area contributed by atoms with Crippen molar-refractivity contribution in [2.45, 2.75) is 44.9 Å². The zero-order chi connectivity index (χ0) is 19.8. The van der Waals surface area contributed by atoms with Crippen LogP contribution in [0, 0.1) is 23.2 Å². The molecule has 5 heteroatoms. The van der Waals surface area contributed by atoms with Crippen LogP contribution in [0.25, 0.3) is 6.08 Å². The third-order valence-corrected chi connectivity index (χ3v) is 7.16. The lowest BCUT2D eigenvalue weighted by Gasteiger charge is -2.55. The standard InChI is InChI=1S/C24H28O5/c25-22(24-12-17-8-18(13-24)10-19(9-17)14-24)15-29-23(26)5-3-16-2-4-20-21(11-16)28-7-1-6-27-20/h2-5,11,17-19H,1,6-10,12-15H2/b5-3+. The number of hydrogen-bond acceptors (Lipinski definition) is 5. The van der Waals surface area contributed by atoms with Crippen LogP contribution in [0.3, 0.4) is 0 Å². The van der Waals surface area contributed by atoms with Crippen LogP contribution in [0.2, 0.25) is 0 Å². The topological polar surface area (TPSA) is 61.8 Å². The molecule has 0 spiro atoms. The largest absolute Gasteiger partial charge is 0.490 e. The second kappa shape index (κ2) is 7.51. The van der Waals surface area contributed by atoms with Crippen LogP contribution in [-0.2, 0) is 14.3 Å². The summed E-state index contributed by atoms with van der Waals surface area (Å²) in [6, 6.07) is 5.57. The van der Waals surface area contributed by atoms with Crippen LogP contribution in [0.5, 0.6) is 11.5 Å². The van der Waals surface area contributed by atoms with Gasteiger partial charge in [-0.25, -0.2) is 4.79 Å². The van der Waals surface area contributed by atoms with Gasteiger partial charge >= 0.3 is 5.97 Å². The summed E-state index contributed by atoms with van der Waals surface area (Å²) >= 11 is 0. The van der Waals surface area contributed by atoms with Gasteiger partial charge in [0, 0.05) is 17.9 Å². The second-order valence-corrected chi connectivity index (χ2v) is 9.32. The predicted octanol–water partition coefficient (Wildman–Crippen LogP) is 4.19. The van der Waals surface area contributed by atoms with Crippen LogP contribution in [-0.4, -0.2) is 31.6 Å². The molecular formula is C24H28O5. The maximum Gasteiger partial charge on any atom is 0.331 e. The quantitative estimate of drug-likeness (QED) is 0.552. The molecule has 1 heterocycles. The summed E-state index contributed by atoms with van der Waals surface area (Å²) < 4.78 is 16.6. The summed E-state index contributed by atoms with van der Waals surface area (Å²) in [5, 5.41) is 0. The molecule has 4 bridgehead atoms. The van der Waals surface area contributed by atoms with Gasteiger partial charge in [0.1, 0.15) is 0 Å². The highest BCUT2D eigenvalue weighted by Crippen LogP contribution is 2.60. The number of rotatable bonds is 5. The molecule has 1 aromatic rings. The molecule has 5 nitrogen and oxygen atoms in total. The van der Waals surface area contributed by atoms with E-state index in [1.54, 1.807) is 6.08 Å². The zero-order valence-corrected chi connectivity index (χ0v) is 16.7. The minimum Gasteiger partial charge on any atom is -0.490 e. The molecule has 0 radical (unpaired) electrons. The normalized spacial score (nSPS) is 32.2. The lowest BCUT2D eigenvalue weighted by Crippen LogP contribution is -2.51. The van der Waals surface area contributed by atoms with Crippen molar-refractivity contribution in [1.82, 2.24) is 0 Å². The molecule has 0 atom stereocenters. The molecule has 0 saturated heterocycles. The lowest BCUT2D eigenvalue weighted by molar-refractivity contribution is -0.155. The van der Waals surface area contributed by atoms with Gasteiger partial charge in [0.2, 0.25) is 0 Å². The van der Waals surface area contributed by atoms with Crippen LogP contribution in [0.4, 0.5) is 0 Å². The number of esters is 1. The number of ketones is 1. The Bertz CT molecular complexity index is 804. The van der Waals surface area contributed by atoms with Crippen molar-refractivity contribution in [2.75, 3.05) is 19.8 Å². The van der Waals surface area contributed by atoms with Crippen molar-refractivity contribution >= 4 is 17.8 Å². The fourth-order valence-electron chi connectivity index (χ4n) is 6.24. The average molecular weight is 396 g/mol. The average Bonchev–Trinajstić information content (AvgIpc) is 2.94. The Balaban J connectivity index is 1.17. The molecule has 4 fully saturated rings. The van der Waals surface area contributed by atoms with Gasteiger partial charge < -0.3 is 14.2 Å². The van der Waals surface area contributed by atoms with Crippen LogP contribution in [0.15, 0.2) is 24.3 Å². The van der Waals surface area contributed by atoms with Crippen LogP contribution < -0.4 is 9.47 Å². The molecule has 0 unspecified atom stereocenters. The van der Waals surface area contributed by atoms with E-state index in [0.717, 1.165) is 37.0 Å². The maximum atomic E-state index is 12.9. The predicted molar refractivity (Wildman–Crippen MR) is 108 cm³/mol. The number of hydrogen-bond donors (Lipinski definition) is 0. The SMILES string of the molecule is O=C(/C=C/c1ccc2c(c1)OCCCO2)OCC(=O)C12CC3CC(CC(C3)C1)C2. The Kier molecular flexibility index (Phi) is 4.84. The monoisotopic (exact) mass is 396 g/mol. The minimum atomic E-state index is -0.477. The van der Waals surface area contributed by atoms with Crippen molar-refractivity contribution in [3.63, 3.8) is 0 Å². The molecule has 6 rings (SSSR count). The van der Waals surface area contributed by atoms with E-state index in [-0.39, 0.29) is 17.8 Å². The molecule has 154 valence electrons. The highest BCUT2D eigenvalue weighted by molar-refractivity contribution is 5.91. The van der Waals surface area contributed by atoms with Gasteiger partial charge in [-0.15, -0.1) is 0 Å². The van der Waals surface area contributed by atoms with Crippen molar-refractivity contribution < 1.29 is 23.8 Å². The number of ether oxygens (including phenoxy) is 3. The third kappa shape index (κ3) is 3.79. The van der Waals surface area contributed by atoms with E-state index in [0.29, 0.717) is 36.7 Å². The molecule has 1 aliphatic heterocycles. The summed E-state index contributed by atoms with van der Waals surface area (Å²) in [5.74, 6) is 3.20. The molecule has 29 heavy (non-hydrogen) atoms. The summed E-state index contributed by atoms with van der Waals surface area (Å²) in [6.45, 7) is 1.16. The summed E-state index contributed by atoms with van der Waals surface area (Å²) in [4.78, 5) is 25.1. The number of fused-ring (bicyclic) bond motifs is 1. The van der Waals surface area contributed by atoms with E-state index >= 15 is 0 Å². The van der Waals surface area contributed by atoms with Crippen molar-refractivity contribution in [2.24, 2.45) is 23.2 Å². The molecule has 0 aromatic heterocycles. The van der Waals surface area contributed by atoms with E-state index in [4.69, 9.17) is 14.2 Å². The van der Waals surface area contributed by atoms with Crippen LogP contribution >= 0.6 is 0 Å². The summed E-state index contributed by atoms with van der Waals surface area (Å²) in [6.07, 6.45) is 10.8. The first-order chi connectivity index (χ1) is 14.1. The Hall–Kier alpha value is -2.30. The smallest absolute Gasteiger partial charge is 0.331 e. The summed E-state index contributed by atoms with van der Waals surface area (Å²) in [5.41, 5.74) is 0.617. The molecule has 4 aliphatic carbocycles. The first-order valence-electron chi connectivity index (χ1n) is 10.9. The molecule has 1 aromatic carbocycles. The second-order valence-electron chi connectivity index (χ2n) is 9.32. The fourth-order valence-corrected chi connectivity index (χ4v) is 6.24. The van der Waals surface area contributed by atoms with Crippen molar-refractivity contribution in [1.29, 1.82) is 0 Å². The lowest BCUT2D eigenvalue weighted by atomic mass is 9.48. The van der Waals surface area contributed by atoms with Gasteiger partial charge in [0.25, 0.3) is 0 Å². The number of benzene rings is 1. The van der Waals surface area contributed by atoms with Gasteiger partial charge in [-0.2, -0.15) is 0 Å². The molecule has 5 aliphatic rings. The zero-order valence-electron chi connectivity index (χ0n) is 16.7. The first kappa shape index (κ1) is 18.7. The van der Waals surface area contributed by atoms with Gasteiger partial charge in [-0.05, 0) is 80.1 Å². The van der Waals surface area contributed by atoms with Gasteiger partial charge in [-0.3, -0.25) is 4.79 Å².